The first-order valence-corrected chi connectivity index (χ1v) is 9.28. The average Bonchev–Trinajstić information content (AvgIpc) is 2.61. The van der Waals surface area contributed by atoms with Crippen molar-refractivity contribution in [3.8, 4) is 0 Å². The van der Waals surface area contributed by atoms with E-state index in [0.717, 1.165) is 37.9 Å². The third kappa shape index (κ3) is 2.58. The standard InChI is InChI=1S/C22H26N2O/c1-16-5-4-8-19(13-16)22(11-9-20(22)14-23)21(25)24-12-10-17-6-2-3-7-18(17)15-24/h2-8,13,20H,9-12,14-15,23H2,1H3/t20-,22+/m0/s1. The van der Waals surface area contributed by atoms with Crippen molar-refractivity contribution in [2.24, 2.45) is 11.7 Å². The summed E-state index contributed by atoms with van der Waals surface area (Å²) in [7, 11) is 0. The molecule has 4 rings (SSSR count). The molecule has 0 radical (unpaired) electrons. The monoisotopic (exact) mass is 334 g/mol. The van der Waals surface area contributed by atoms with Crippen molar-refractivity contribution in [3.63, 3.8) is 0 Å². The van der Waals surface area contributed by atoms with Gasteiger partial charge in [0, 0.05) is 13.1 Å². The highest BCUT2D eigenvalue weighted by atomic mass is 16.2. The van der Waals surface area contributed by atoms with E-state index in [0.29, 0.717) is 6.54 Å². The van der Waals surface area contributed by atoms with Gasteiger partial charge in [-0.15, -0.1) is 0 Å². The zero-order valence-electron chi connectivity index (χ0n) is 14.9. The van der Waals surface area contributed by atoms with Gasteiger partial charge in [0.1, 0.15) is 0 Å². The van der Waals surface area contributed by atoms with Crippen LogP contribution in [0.25, 0.3) is 0 Å². The molecular formula is C22H26N2O. The maximum Gasteiger partial charge on any atom is 0.233 e. The number of hydrogen-bond donors (Lipinski definition) is 1. The second-order valence-electron chi connectivity index (χ2n) is 7.56. The van der Waals surface area contributed by atoms with Crippen LogP contribution in [-0.4, -0.2) is 23.9 Å². The van der Waals surface area contributed by atoms with Crippen molar-refractivity contribution >= 4 is 5.91 Å². The number of amides is 1. The highest BCUT2D eigenvalue weighted by Gasteiger charge is 2.54. The Kier molecular flexibility index (Phi) is 4.12. The fourth-order valence-corrected chi connectivity index (χ4v) is 4.62. The molecule has 0 aromatic heterocycles. The lowest BCUT2D eigenvalue weighted by atomic mass is 9.55. The fraction of sp³-hybridized carbons (Fsp3) is 0.409. The Balaban J connectivity index is 1.68. The lowest BCUT2D eigenvalue weighted by molar-refractivity contribution is -0.145. The van der Waals surface area contributed by atoms with Crippen LogP contribution < -0.4 is 5.73 Å². The molecule has 0 saturated heterocycles. The molecule has 130 valence electrons. The van der Waals surface area contributed by atoms with Gasteiger partial charge in [-0.3, -0.25) is 4.79 Å². The maximum atomic E-state index is 13.7. The van der Waals surface area contributed by atoms with Crippen LogP contribution in [0.3, 0.4) is 0 Å². The van der Waals surface area contributed by atoms with Crippen molar-refractivity contribution in [1.29, 1.82) is 0 Å². The van der Waals surface area contributed by atoms with Gasteiger partial charge < -0.3 is 10.6 Å². The Morgan fingerprint density at radius 3 is 2.68 bits per heavy atom. The minimum atomic E-state index is -0.424. The summed E-state index contributed by atoms with van der Waals surface area (Å²) < 4.78 is 0. The summed E-state index contributed by atoms with van der Waals surface area (Å²) in [6, 6.07) is 16.9. The quantitative estimate of drug-likeness (QED) is 0.937. The van der Waals surface area contributed by atoms with Crippen molar-refractivity contribution in [1.82, 2.24) is 4.90 Å². The van der Waals surface area contributed by atoms with Crippen LogP contribution in [-0.2, 0) is 23.2 Å². The summed E-state index contributed by atoms with van der Waals surface area (Å²) >= 11 is 0. The van der Waals surface area contributed by atoms with Crippen LogP contribution in [0.15, 0.2) is 48.5 Å². The largest absolute Gasteiger partial charge is 0.337 e. The summed E-state index contributed by atoms with van der Waals surface area (Å²) in [5.74, 6) is 0.522. The molecule has 1 amide bonds. The first-order valence-electron chi connectivity index (χ1n) is 9.28. The zero-order valence-corrected chi connectivity index (χ0v) is 14.9. The maximum absolute atomic E-state index is 13.7. The van der Waals surface area contributed by atoms with E-state index < -0.39 is 5.41 Å². The second-order valence-corrected chi connectivity index (χ2v) is 7.56. The molecule has 0 bridgehead atoms. The van der Waals surface area contributed by atoms with Crippen LogP contribution in [0.4, 0.5) is 0 Å². The number of nitrogens with zero attached hydrogens (tertiary/aromatic N) is 1. The van der Waals surface area contributed by atoms with Gasteiger partial charge >= 0.3 is 0 Å². The van der Waals surface area contributed by atoms with Gasteiger partial charge in [0.15, 0.2) is 0 Å². The number of nitrogens with two attached hydrogens (primary N) is 1. The third-order valence-electron chi connectivity index (χ3n) is 6.20. The molecular weight excluding hydrogens is 308 g/mol. The van der Waals surface area contributed by atoms with Crippen molar-refractivity contribution in [3.05, 3.63) is 70.8 Å². The zero-order chi connectivity index (χ0) is 17.4. The van der Waals surface area contributed by atoms with Crippen molar-refractivity contribution in [2.45, 2.75) is 38.1 Å². The van der Waals surface area contributed by atoms with Gasteiger partial charge in [-0.1, -0.05) is 54.1 Å². The molecule has 2 aliphatic rings. The molecule has 1 heterocycles. The van der Waals surface area contributed by atoms with Gasteiger partial charge in [0.2, 0.25) is 5.91 Å². The van der Waals surface area contributed by atoms with Gasteiger partial charge in [0.25, 0.3) is 0 Å². The van der Waals surface area contributed by atoms with Crippen molar-refractivity contribution < 1.29 is 4.79 Å². The van der Waals surface area contributed by atoms with E-state index >= 15 is 0 Å². The fourth-order valence-electron chi connectivity index (χ4n) is 4.62. The normalized spacial score (nSPS) is 25.2. The number of carbonyl (C=O) groups excluding carboxylic acids is 1. The first-order chi connectivity index (χ1) is 12.1. The third-order valence-corrected chi connectivity index (χ3v) is 6.20. The molecule has 2 N–H and O–H groups in total. The summed E-state index contributed by atoms with van der Waals surface area (Å²) in [5.41, 5.74) is 10.6. The van der Waals surface area contributed by atoms with Gasteiger partial charge in [-0.25, -0.2) is 0 Å². The molecule has 1 saturated carbocycles. The molecule has 3 heteroatoms. The summed E-state index contributed by atoms with van der Waals surface area (Å²) in [4.78, 5) is 15.7. The number of rotatable bonds is 3. The van der Waals surface area contributed by atoms with Crippen LogP contribution in [0.2, 0.25) is 0 Å². The first kappa shape index (κ1) is 16.3. The number of benzene rings is 2. The van der Waals surface area contributed by atoms with E-state index in [-0.39, 0.29) is 11.8 Å². The summed E-state index contributed by atoms with van der Waals surface area (Å²) in [6.45, 7) is 4.19. The molecule has 0 spiro atoms. The van der Waals surface area contributed by atoms with Crippen LogP contribution in [0.5, 0.6) is 0 Å². The molecule has 1 aliphatic carbocycles. The topological polar surface area (TPSA) is 46.3 Å². The van der Waals surface area contributed by atoms with E-state index in [1.54, 1.807) is 0 Å². The highest BCUT2D eigenvalue weighted by molar-refractivity contribution is 5.90. The van der Waals surface area contributed by atoms with Gasteiger partial charge in [-0.05, 0) is 55.3 Å². The number of aryl methyl sites for hydroxylation is 1. The lowest BCUT2D eigenvalue weighted by Crippen LogP contribution is -2.59. The number of fused-ring (bicyclic) bond motifs is 1. The van der Waals surface area contributed by atoms with Crippen LogP contribution in [0.1, 0.15) is 35.1 Å². The van der Waals surface area contributed by atoms with E-state index in [1.165, 1.54) is 16.7 Å². The lowest BCUT2D eigenvalue weighted by Gasteiger charge is -2.51. The summed E-state index contributed by atoms with van der Waals surface area (Å²) in [6.07, 6.45) is 2.90. The van der Waals surface area contributed by atoms with Gasteiger partial charge in [0.05, 0.1) is 5.41 Å². The Morgan fingerprint density at radius 1 is 1.20 bits per heavy atom. The molecule has 1 aliphatic heterocycles. The second kappa shape index (κ2) is 6.30. The number of carbonyl (C=O) groups is 1. The molecule has 3 nitrogen and oxygen atoms in total. The molecule has 25 heavy (non-hydrogen) atoms. The van der Waals surface area contributed by atoms with E-state index in [1.807, 2.05) is 0 Å². The smallest absolute Gasteiger partial charge is 0.233 e. The van der Waals surface area contributed by atoms with Gasteiger partial charge in [-0.2, -0.15) is 0 Å². The molecule has 2 atom stereocenters. The summed E-state index contributed by atoms with van der Waals surface area (Å²) in [5, 5.41) is 0. The van der Waals surface area contributed by atoms with E-state index in [2.05, 4.69) is 60.4 Å². The average molecular weight is 334 g/mol. The SMILES string of the molecule is Cc1cccc([C@]2(C(=O)N3CCc4ccccc4C3)CC[C@H]2CN)c1. The molecule has 2 aromatic carbocycles. The van der Waals surface area contributed by atoms with E-state index in [4.69, 9.17) is 5.73 Å². The Bertz CT molecular complexity index is 798. The van der Waals surface area contributed by atoms with Crippen LogP contribution in [0, 0.1) is 12.8 Å². The minimum absolute atomic E-state index is 0.249. The molecule has 1 fully saturated rings. The predicted molar refractivity (Wildman–Crippen MR) is 100 cm³/mol. The molecule has 0 unspecified atom stereocenters. The minimum Gasteiger partial charge on any atom is -0.337 e. The van der Waals surface area contributed by atoms with E-state index in [9.17, 15) is 4.79 Å². The van der Waals surface area contributed by atoms with Crippen LogP contribution >= 0.6 is 0 Å². The molecule has 2 aromatic rings. The Labute approximate surface area is 149 Å². The Hall–Kier alpha value is -2.13. The van der Waals surface area contributed by atoms with Crippen molar-refractivity contribution in [2.75, 3.05) is 13.1 Å². The highest BCUT2D eigenvalue weighted by Crippen LogP contribution is 2.50. The number of hydrogen-bond acceptors (Lipinski definition) is 2. The predicted octanol–water partition coefficient (Wildman–Crippen LogP) is 3.19. The Morgan fingerprint density at radius 2 is 2.00 bits per heavy atom.